The summed E-state index contributed by atoms with van der Waals surface area (Å²) in [5, 5.41) is 0.889. The first-order valence-corrected chi connectivity index (χ1v) is 11.4. The fourth-order valence-electron chi connectivity index (χ4n) is 4.24. The molecule has 2 aromatic carbocycles. The van der Waals surface area contributed by atoms with E-state index in [9.17, 15) is 13.2 Å². The third kappa shape index (κ3) is 3.14. The van der Waals surface area contributed by atoms with Crippen molar-refractivity contribution in [2.75, 3.05) is 24.5 Å². The van der Waals surface area contributed by atoms with Crippen molar-refractivity contribution >= 4 is 32.6 Å². The number of aryl methyl sites for hydroxylation is 1. The van der Waals surface area contributed by atoms with Gasteiger partial charge in [0.05, 0.1) is 4.90 Å². The van der Waals surface area contributed by atoms with Gasteiger partial charge in [0.15, 0.2) is 5.76 Å². The molecule has 2 aliphatic rings. The fraction of sp³-hybridized carbons (Fsp3) is 0.318. The topological polar surface area (TPSA) is 70.8 Å². The molecule has 0 N–H and O–H groups in total. The summed E-state index contributed by atoms with van der Waals surface area (Å²) in [6, 6.07) is 14.4. The Labute approximate surface area is 169 Å². The molecule has 6 nitrogen and oxygen atoms in total. The number of furan rings is 1. The van der Waals surface area contributed by atoms with E-state index in [1.807, 2.05) is 24.3 Å². The maximum Gasteiger partial charge on any atom is 0.294 e. The van der Waals surface area contributed by atoms with Gasteiger partial charge in [-0.2, -0.15) is 4.31 Å². The Balaban J connectivity index is 1.48. The summed E-state index contributed by atoms with van der Waals surface area (Å²) in [5.74, 6) is 0.102. The van der Waals surface area contributed by atoms with Crippen LogP contribution < -0.4 is 4.90 Å². The zero-order valence-corrected chi connectivity index (χ0v) is 16.8. The summed E-state index contributed by atoms with van der Waals surface area (Å²) in [4.78, 5) is 15.1. The van der Waals surface area contributed by atoms with Crippen molar-refractivity contribution < 1.29 is 17.6 Å². The second-order valence-electron chi connectivity index (χ2n) is 7.61. The molecule has 150 valence electrons. The molecule has 1 amide bonds. The Hall–Kier alpha value is -2.64. The van der Waals surface area contributed by atoms with Crippen LogP contribution in [0.5, 0.6) is 0 Å². The summed E-state index contributed by atoms with van der Waals surface area (Å²) in [5.41, 5.74) is 2.34. The summed E-state index contributed by atoms with van der Waals surface area (Å²) in [7, 11) is -3.47. The third-order valence-corrected chi connectivity index (χ3v) is 7.65. The summed E-state index contributed by atoms with van der Waals surface area (Å²) in [6.45, 7) is 1.74. The van der Waals surface area contributed by atoms with E-state index in [1.165, 1.54) is 0 Å². The SMILES string of the molecule is O=C(c1cc2ccccc2o1)N1CCCc2cc(S(=O)(=O)N3CCCC3)ccc21. The predicted octanol–water partition coefficient (Wildman–Crippen LogP) is 3.81. The zero-order valence-electron chi connectivity index (χ0n) is 16.0. The number of nitrogens with zero attached hydrogens (tertiary/aromatic N) is 2. The number of para-hydroxylation sites is 1. The first-order chi connectivity index (χ1) is 14.0. The van der Waals surface area contributed by atoms with Gasteiger partial charge in [-0.05, 0) is 61.6 Å². The van der Waals surface area contributed by atoms with Crippen LogP contribution in [0.3, 0.4) is 0 Å². The number of sulfonamides is 1. The number of hydrogen-bond donors (Lipinski definition) is 0. The number of fused-ring (bicyclic) bond motifs is 2. The van der Waals surface area contributed by atoms with Crippen LogP contribution in [0, 0.1) is 0 Å². The Bertz CT molecular complexity index is 1160. The van der Waals surface area contributed by atoms with Crippen molar-refractivity contribution in [3.8, 4) is 0 Å². The first kappa shape index (κ1) is 18.4. The van der Waals surface area contributed by atoms with Crippen LogP contribution in [0.25, 0.3) is 11.0 Å². The van der Waals surface area contributed by atoms with Crippen molar-refractivity contribution in [1.82, 2.24) is 4.31 Å². The monoisotopic (exact) mass is 410 g/mol. The Morgan fingerprint density at radius 1 is 0.931 bits per heavy atom. The Morgan fingerprint density at radius 2 is 1.72 bits per heavy atom. The van der Waals surface area contributed by atoms with Gasteiger partial charge >= 0.3 is 0 Å². The maximum atomic E-state index is 13.1. The highest BCUT2D eigenvalue weighted by Crippen LogP contribution is 2.33. The van der Waals surface area contributed by atoms with E-state index < -0.39 is 10.0 Å². The van der Waals surface area contributed by atoms with E-state index in [1.54, 1.807) is 33.5 Å². The molecule has 3 aromatic rings. The van der Waals surface area contributed by atoms with Gasteiger partial charge in [-0.25, -0.2) is 8.42 Å². The van der Waals surface area contributed by atoms with Crippen LogP contribution in [0.1, 0.15) is 35.4 Å². The highest BCUT2D eigenvalue weighted by Gasteiger charge is 2.30. The van der Waals surface area contributed by atoms with Gasteiger partial charge < -0.3 is 9.32 Å². The van der Waals surface area contributed by atoms with Gasteiger partial charge in [0.2, 0.25) is 10.0 Å². The van der Waals surface area contributed by atoms with E-state index in [2.05, 4.69) is 0 Å². The van der Waals surface area contributed by atoms with E-state index >= 15 is 0 Å². The van der Waals surface area contributed by atoms with E-state index in [0.29, 0.717) is 35.9 Å². The van der Waals surface area contributed by atoms with Gasteiger partial charge in [-0.1, -0.05) is 18.2 Å². The fourth-order valence-corrected chi connectivity index (χ4v) is 5.81. The molecule has 2 aliphatic heterocycles. The molecule has 0 bridgehead atoms. The maximum absolute atomic E-state index is 13.1. The van der Waals surface area contributed by atoms with Gasteiger partial charge in [0, 0.05) is 30.7 Å². The van der Waals surface area contributed by atoms with Crippen molar-refractivity contribution in [1.29, 1.82) is 0 Å². The van der Waals surface area contributed by atoms with E-state index in [-0.39, 0.29) is 5.91 Å². The lowest BCUT2D eigenvalue weighted by Gasteiger charge is -2.29. The highest BCUT2D eigenvalue weighted by atomic mass is 32.2. The molecule has 1 fully saturated rings. The highest BCUT2D eigenvalue weighted by molar-refractivity contribution is 7.89. The Kier molecular flexibility index (Phi) is 4.44. The molecular weight excluding hydrogens is 388 g/mol. The lowest BCUT2D eigenvalue weighted by Crippen LogP contribution is -2.35. The molecule has 1 saturated heterocycles. The summed E-state index contributed by atoms with van der Waals surface area (Å²) >= 11 is 0. The van der Waals surface area contributed by atoms with Crippen LogP contribution in [-0.2, 0) is 16.4 Å². The normalized spacial score (nSPS) is 17.6. The number of benzene rings is 2. The molecule has 5 rings (SSSR count). The predicted molar refractivity (Wildman–Crippen MR) is 111 cm³/mol. The molecule has 0 spiro atoms. The molecule has 7 heteroatoms. The minimum Gasteiger partial charge on any atom is -0.451 e. The minimum absolute atomic E-state index is 0.197. The van der Waals surface area contributed by atoms with Crippen molar-refractivity contribution in [3.05, 3.63) is 59.9 Å². The number of hydrogen-bond acceptors (Lipinski definition) is 4. The lowest BCUT2D eigenvalue weighted by atomic mass is 10.0. The molecule has 0 saturated carbocycles. The van der Waals surface area contributed by atoms with Crippen LogP contribution in [-0.4, -0.2) is 38.3 Å². The van der Waals surface area contributed by atoms with Crippen LogP contribution in [0.15, 0.2) is 57.8 Å². The summed E-state index contributed by atoms with van der Waals surface area (Å²) < 4.78 is 33.1. The third-order valence-electron chi connectivity index (χ3n) is 5.75. The molecule has 29 heavy (non-hydrogen) atoms. The molecular formula is C22H22N2O4S. The number of carbonyl (C=O) groups is 1. The standard InChI is InChI=1S/C22H22N2O4S/c25-22(21-15-17-6-1-2-8-20(17)28-21)24-13-5-7-16-14-18(9-10-19(16)24)29(26,27)23-11-3-4-12-23/h1-2,6,8-10,14-15H,3-5,7,11-13H2. The average molecular weight is 410 g/mol. The van der Waals surface area contributed by atoms with Gasteiger partial charge in [0.25, 0.3) is 5.91 Å². The molecule has 0 aliphatic carbocycles. The molecule has 3 heterocycles. The number of amides is 1. The van der Waals surface area contributed by atoms with Gasteiger partial charge in [-0.15, -0.1) is 0 Å². The van der Waals surface area contributed by atoms with E-state index in [0.717, 1.165) is 42.3 Å². The van der Waals surface area contributed by atoms with Crippen LogP contribution in [0.2, 0.25) is 0 Å². The number of carbonyl (C=O) groups excluding carboxylic acids is 1. The number of anilines is 1. The van der Waals surface area contributed by atoms with E-state index in [4.69, 9.17) is 4.42 Å². The lowest BCUT2D eigenvalue weighted by molar-refractivity contribution is 0.0960. The van der Waals surface area contributed by atoms with Crippen LogP contribution >= 0.6 is 0 Å². The molecule has 1 aromatic heterocycles. The van der Waals surface area contributed by atoms with Gasteiger partial charge in [0.1, 0.15) is 5.58 Å². The quantitative estimate of drug-likeness (QED) is 0.658. The van der Waals surface area contributed by atoms with Crippen LogP contribution in [0.4, 0.5) is 5.69 Å². The second-order valence-corrected chi connectivity index (χ2v) is 9.55. The molecule has 0 unspecified atom stereocenters. The Morgan fingerprint density at radius 3 is 2.52 bits per heavy atom. The molecule has 0 atom stereocenters. The summed E-state index contributed by atoms with van der Waals surface area (Å²) in [6.07, 6.45) is 3.35. The van der Waals surface area contributed by atoms with Crippen molar-refractivity contribution in [2.45, 2.75) is 30.6 Å². The number of rotatable bonds is 3. The van der Waals surface area contributed by atoms with Crippen molar-refractivity contribution in [3.63, 3.8) is 0 Å². The minimum atomic E-state index is -3.47. The second kappa shape index (κ2) is 7.00. The smallest absolute Gasteiger partial charge is 0.294 e. The largest absolute Gasteiger partial charge is 0.451 e. The zero-order chi connectivity index (χ0) is 20.0. The first-order valence-electron chi connectivity index (χ1n) is 9.97. The van der Waals surface area contributed by atoms with Crippen molar-refractivity contribution in [2.24, 2.45) is 0 Å². The average Bonchev–Trinajstić information content (AvgIpc) is 3.42. The van der Waals surface area contributed by atoms with Gasteiger partial charge in [-0.3, -0.25) is 4.79 Å². The molecule has 0 radical (unpaired) electrons.